The molecule has 0 aromatic carbocycles. The molecule has 0 nitrogen and oxygen atoms in total. The molecular weight excluding hydrogens is 312 g/mol. The van der Waals surface area contributed by atoms with E-state index in [2.05, 4.69) is 53.9 Å². The quantitative estimate of drug-likeness (QED) is 0.599. The Hall–Kier alpha value is 1.18. The minimum Gasteiger partial charge on any atom is -0.0875 e. The van der Waals surface area contributed by atoms with Gasteiger partial charge in [-0.25, -0.2) is 0 Å². The molecule has 9 heavy (non-hydrogen) atoms. The average molecular weight is 319 g/mol. The smallest absolute Gasteiger partial charge is 0.0461 e. The second kappa shape index (κ2) is 3.54. The van der Waals surface area contributed by atoms with Crippen LogP contribution >= 0.6 is 47.8 Å². The van der Waals surface area contributed by atoms with Crippen LogP contribution in [0.15, 0.2) is 10.6 Å². The van der Waals surface area contributed by atoms with Gasteiger partial charge in [0.2, 0.25) is 0 Å². The molecule has 0 aromatic heterocycles. The van der Waals surface area contributed by atoms with Gasteiger partial charge in [-0.2, -0.15) is 0 Å². The zero-order chi connectivity index (χ0) is 6.85. The lowest BCUT2D eigenvalue weighted by Gasteiger charge is -2.18. The Morgan fingerprint density at radius 1 is 1.44 bits per heavy atom. The van der Waals surface area contributed by atoms with Gasteiger partial charge in [0.1, 0.15) is 0 Å². The van der Waals surface area contributed by atoms with Crippen LogP contribution < -0.4 is 0 Å². The van der Waals surface area contributed by atoms with Crippen molar-refractivity contribution in [1.82, 2.24) is 0 Å². The lowest BCUT2D eigenvalue weighted by Crippen LogP contribution is -2.15. The first-order chi connectivity index (χ1) is 4.20. The van der Waals surface area contributed by atoms with E-state index in [-0.39, 0.29) is 0 Å². The fourth-order valence-electron chi connectivity index (χ4n) is 0.796. The van der Waals surface area contributed by atoms with E-state index in [1.807, 2.05) is 0 Å². The summed E-state index contributed by atoms with van der Waals surface area (Å²) in [6, 6.07) is 0. The topological polar surface area (TPSA) is 0 Å². The Labute approximate surface area is 80.5 Å². The van der Waals surface area contributed by atoms with E-state index in [4.69, 9.17) is 0 Å². The molecule has 0 spiro atoms. The SMILES string of the molecule is BrC1=C[C@H](Br)[C@@H](Br)CC1. The normalized spacial score (nSPS) is 36.1. The van der Waals surface area contributed by atoms with E-state index in [1.54, 1.807) is 0 Å². The van der Waals surface area contributed by atoms with Gasteiger partial charge in [-0.1, -0.05) is 53.9 Å². The first-order valence-electron chi connectivity index (χ1n) is 2.84. The highest BCUT2D eigenvalue weighted by atomic mass is 79.9. The predicted octanol–water partition coefficient (Wildman–Crippen LogP) is 3.59. The summed E-state index contributed by atoms with van der Waals surface area (Å²) in [7, 11) is 0. The van der Waals surface area contributed by atoms with Crippen molar-refractivity contribution in [3.8, 4) is 0 Å². The van der Waals surface area contributed by atoms with Crippen LogP contribution in [0.5, 0.6) is 0 Å². The molecule has 0 aromatic rings. The fourth-order valence-corrected chi connectivity index (χ4v) is 2.63. The molecule has 3 heteroatoms. The minimum atomic E-state index is 0.501. The van der Waals surface area contributed by atoms with Crippen LogP contribution in [0.2, 0.25) is 0 Å². The summed E-state index contributed by atoms with van der Waals surface area (Å²) in [6.07, 6.45) is 4.58. The first-order valence-corrected chi connectivity index (χ1v) is 5.47. The Bertz CT molecular complexity index is 130. The molecule has 0 amide bonds. The summed E-state index contributed by atoms with van der Waals surface area (Å²) in [4.78, 5) is 1.11. The highest BCUT2D eigenvalue weighted by molar-refractivity contribution is 9.12. The van der Waals surface area contributed by atoms with Crippen LogP contribution in [0.25, 0.3) is 0 Å². The maximum absolute atomic E-state index is 3.57. The second-order valence-corrected chi connectivity index (χ2v) is 5.36. The molecule has 0 bridgehead atoms. The van der Waals surface area contributed by atoms with Crippen molar-refractivity contribution in [2.24, 2.45) is 0 Å². The highest BCUT2D eigenvalue weighted by Gasteiger charge is 2.18. The monoisotopic (exact) mass is 316 g/mol. The second-order valence-electron chi connectivity index (χ2n) is 2.11. The zero-order valence-electron chi connectivity index (χ0n) is 4.78. The van der Waals surface area contributed by atoms with Crippen molar-refractivity contribution >= 4 is 47.8 Å². The van der Waals surface area contributed by atoms with Gasteiger partial charge in [0, 0.05) is 9.65 Å². The third-order valence-corrected chi connectivity index (χ3v) is 4.64. The Balaban J connectivity index is 2.58. The van der Waals surface area contributed by atoms with Crippen molar-refractivity contribution in [2.45, 2.75) is 22.5 Å². The largest absolute Gasteiger partial charge is 0.0875 e. The summed E-state index contributed by atoms with van der Waals surface area (Å²) in [5.74, 6) is 0. The van der Waals surface area contributed by atoms with Gasteiger partial charge in [0.05, 0.1) is 0 Å². The number of rotatable bonds is 0. The van der Waals surface area contributed by atoms with E-state index in [1.165, 1.54) is 10.9 Å². The third-order valence-electron chi connectivity index (χ3n) is 1.34. The average Bonchev–Trinajstić information content (AvgIpc) is 1.80. The van der Waals surface area contributed by atoms with Crippen LogP contribution in [-0.4, -0.2) is 9.65 Å². The molecule has 0 fully saturated rings. The molecule has 0 heterocycles. The molecule has 0 aliphatic heterocycles. The molecular formula is C6H7Br3. The van der Waals surface area contributed by atoms with E-state index in [0.717, 1.165) is 6.42 Å². The van der Waals surface area contributed by atoms with Gasteiger partial charge < -0.3 is 0 Å². The van der Waals surface area contributed by atoms with Gasteiger partial charge in [-0.3, -0.25) is 0 Å². The molecule has 1 aliphatic rings. The maximum Gasteiger partial charge on any atom is 0.0461 e. The summed E-state index contributed by atoms with van der Waals surface area (Å²) < 4.78 is 1.32. The van der Waals surface area contributed by atoms with Crippen molar-refractivity contribution in [2.75, 3.05) is 0 Å². The van der Waals surface area contributed by atoms with Crippen LogP contribution in [0.1, 0.15) is 12.8 Å². The summed E-state index contributed by atoms with van der Waals surface area (Å²) in [5, 5.41) is 0. The maximum atomic E-state index is 3.57. The molecule has 0 N–H and O–H groups in total. The molecule has 0 saturated heterocycles. The standard InChI is InChI=1S/C6H7Br3/c7-4-1-2-5(8)6(9)3-4/h3,5-6H,1-2H2/t5-,6-/m0/s1. The lowest BCUT2D eigenvalue weighted by atomic mass is 10.1. The van der Waals surface area contributed by atoms with Crippen molar-refractivity contribution in [3.63, 3.8) is 0 Å². The van der Waals surface area contributed by atoms with Crippen molar-refractivity contribution in [3.05, 3.63) is 10.6 Å². The van der Waals surface area contributed by atoms with E-state index >= 15 is 0 Å². The first kappa shape index (κ1) is 8.28. The lowest BCUT2D eigenvalue weighted by molar-refractivity contribution is 0.770. The molecule has 0 radical (unpaired) electrons. The number of alkyl halides is 2. The molecule has 52 valence electrons. The molecule has 2 atom stereocenters. The molecule has 0 unspecified atom stereocenters. The van der Waals surface area contributed by atoms with Gasteiger partial charge in [-0.05, 0) is 17.3 Å². The zero-order valence-corrected chi connectivity index (χ0v) is 9.54. The van der Waals surface area contributed by atoms with Gasteiger partial charge in [0.25, 0.3) is 0 Å². The predicted molar refractivity (Wildman–Crippen MR) is 51.7 cm³/mol. The van der Waals surface area contributed by atoms with Gasteiger partial charge in [0.15, 0.2) is 0 Å². The number of halogens is 3. The summed E-state index contributed by atoms with van der Waals surface area (Å²) in [6.45, 7) is 0. The van der Waals surface area contributed by atoms with Crippen molar-refractivity contribution < 1.29 is 0 Å². The van der Waals surface area contributed by atoms with Crippen LogP contribution in [0.4, 0.5) is 0 Å². The Morgan fingerprint density at radius 2 is 2.11 bits per heavy atom. The van der Waals surface area contributed by atoms with Crippen molar-refractivity contribution in [1.29, 1.82) is 0 Å². The van der Waals surface area contributed by atoms with E-state index in [9.17, 15) is 0 Å². The van der Waals surface area contributed by atoms with Crippen LogP contribution in [0.3, 0.4) is 0 Å². The Morgan fingerprint density at radius 3 is 2.56 bits per heavy atom. The fraction of sp³-hybridized carbons (Fsp3) is 0.667. The molecule has 1 aliphatic carbocycles. The molecule has 0 saturated carbocycles. The summed E-state index contributed by atoms with van der Waals surface area (Å²) >= 11 is 10.6. The summed E-state index contributed by atoms with van der Waals surface area (Å²) in [5.41, 5.74) is 0. The van der Waals surface area contributed by atoms with Gasteiger partial charge in [-0.15, -0.1) is 0 Å². The third kappa shape index (κ3) is 2.35. The number of allylic oxidation sites excluding steroid dienone is 2. The van der Waals surface area contributed by atoms with E-state index < -0.39 is 0 Å². The highest BCUT2D eigenvalue weighted by Crippen LogP contribution is 2.31. The number of hydrogen-bond donors (Lipinski definition) is 0. The van der Waals surface area contributed by atoms with Crippen LogP contribution in [-0.2, 0) is 0 Å². The minimum absolute atomic E-state index is 0.501. The van der Waals surface area contributed by atoms with Gasteiger partial charge >= 0.3 is 0 Å². The van der Waals surface area contributed by atoms with E-state index in [0.29, 0.717) is 9.65 Å². The Kier molecular flexibility index (Phi) is 3.25. The number of hydrogen-bond acceptors (Lipinski definition) is 0. The molecule has 1 rings (SSSR count). The van der Waals surface area contributed by atoms with Crippen LogP contribution in [0, 0.1) is 0 Å².